The van der Waals surface area contributed by atoms with Gasteiger partial charge in [-0.05, 0) is 11.1 Å². The van der Waals surface area contributed by atoms with Crippen molar-refractivity contribution in [2.45, 2.75) is 12.4 Å². The van der Waals surface area contributed by atoms with Gasteiger partial charge in [-0.25, -0.2) is 8.78 Å². The van der Waals surface area contributed by atoms with Crippen LogP contribution in [0.2, 0.25) is 0 Å². The minimum Gasteiger partial charge on any atom is -0.203 e. The number of hydrogen-bond acceptors (Lipinski definition) is 0. The van der Waals surface area contributed by atoms with Crippen LogP contribution in [-0.4, -0.2) is 12.4 Å². The van der Waals surface area contributed by atoms with Crippen molar-refractivity contribution in [1.82, 2.24) is 0 Å². The maximum absolute atomic E-state index is 13.5. The third-order valence-electron chi connectivity index (χ3n) is 3.49. The Morgan fingerprint density at radius 3 is 0.929 bits per heavy atom. The molecule has 0 N–H and O–H groups in total. The van der Waals surface area contributed by atoms with E-state index in [1.165, 1.54) is 0 Å². The molecule has 0 unspecified atom stereocenters. The Bertz CT molecular complexity index is 820. The Kier molecular flexibility index (Phi) is 5.91. The van der Waals surface area contributed by atoms with Gasteiger partial charge < -0.3 is 0 Å². The molecule has 0 aliphatic carbocycles. The molecule has 0 saturated heterocycles. The highest BCUT2D eigenvalue weighted by atomic mass is 19.4. The third kappa shape index (κ3) is 4.73. The molecule has 0 aliphatic heterocycles. The standard InChI is InChI=1S/C18H8F10/c19-13(15(21)17(23,24)25)11-5-1-9(2-6-11)10-3-7-12(8-4-10)14(20)16(22)18(26,27)28/h1-8H/b15-13-,16-14-. The van der Waals surface area contributed by atoms with Crippen LogP contribution in [0, 0.1) is 0 Å². The number of allylic oxidation sites excluding steroid dienone is 2. The van der Waals surface area contributed by atoms with Crippen molar-refractivity contribution in [2.24, 2.45) is 0 Å². The molecule has 0 nitrogen and oxygen atoms in total. The molecule has 28 heavy (non-hydrogen) atoms. The van der Waals surface area contributed by atoms with Crippen LogP contribution in [0.4, 0.5) is 43.9 Å². The lowest BCUT2D eigenvalue weighted by Crippen LogP contribution is -2.09. The van der Waals surface area contributed by atoms with E-state index in [0.717, 1.165) is 48.5 Å². The molecule has 0 bridgehead atoms. The van der Waals surface area contributed by atoms with Crippen molar-refractivity contribution in [2.75, 3.05) is 0 Å². The molecule has 2 rings (SSSR count). The lowest BCUT2D eigenvalue weighted by Gasteiger charge is -2.08. The Morgan fingerprint density at radius 2 is 0.714 bits per heavy atom. The minimum absolute atomic E-state index is 0.260. The second kappa shape index (κ2) is 7.69. The van der Waals surface area contributed by atoms with Crippen LogP contribution in [0.25, 0.3) is 22.8 Å². The molecular formula is C18H8F10. The van der Waals surface area contributed by atoms with Gasteiger partial charge in [-0.15, -0.1) is 0 Å². The Hall–Kier alpha value is -2.78. The Labute approximate surface area is 151 Å². The van der Waals surface area contributed by atoms with Gasteiger partial charge in [0.15, 0.2) is 11.7 Å². The van der Waals surface area contributed by atoms with Crippen molar-refractivity contribution < 1.29 is 43.9 Å². The summed E-state index contributed by atoms with van der Waals surface area (Å²) in [6, 6.07) is 7.90. The van der Waals surface area contributed by atoms with E-state index in [2.05, 4.69) is 0 Å². The Balaban J connectivity index is 2.31. The van der Waals surface area contributed by atoms with Crippen LogP contribution in [0.3, 0.4) is 0 Å². The predicted octanol–water partition coefficient (Wildman–Crippen LogP) is 7.69. The van der Waals surface area contributed by atoms with E-state index in [9.17, 15) is 43.9 Å². The fourth-order valence-electron chi connectivity index (χ4n) is 2.12. The number of alkyl halides is 6. The molecule has 0 aliphatic rings. The van der Waals surface area contributed by atoms with Crippen LogP contribution in [0.1, 0.15) is 11.1 Å². The summed E-state index contributed by atoms with van der Waals surface area (Å²) in [5.41, 5.74) is -0.847. The Morgan fingerprint density at radius 1 is 0.464 bits per heavy atom. The molecule has 0 fully saturated rings. The lowest BCUT2D eigenvalue weighted by atomic mass is 10.0. The number of benzene rings is 2. The second-order valence-electron chi connectivity index (χ2n) is 5.41. The average molecular weight is 414 g/mol. The summed E-state index contributed by atoms with van der Waals surface area (Å²) in [5, 5.41) is 0. The van der Waals surface area contributed by atoms with Gasteiger partial charge in [0.1, 0.15) is 0 Å². The zero-order chi connectivity index (χ0) is 21.3. The van der Waals surface area contributed by atoms with Gasteiger partial charge in [-0.1, -0.05) is 48.5 Å². The minimum atomic E-state index is -5.48. The van der Waals surface area contributed by atoms with Crippen molar-refractivity contribution in [3.05, 3.63) is 71.3 Å². The van der Waals surface area contributed by atoms with E-state index in [1.807, 2.05) is 0 Å². The summed E-state index contributed by atoms with van der Waals surface area (Å²) in [4.78, 5) is 0. The smallest absolute Gasteiger partial charge is 0.203 e. The van der Waals surface area contributed by atoms with Gasteiger partial charge in [-0.3, -0.25) is 0 Å². The van der Waals surface area contributed by atoms with E-state index in [4.69, 9.17) is 0 Å². The molecule has 0 spiro atoms. The third-order valence-corrected chi connectivity index (χ3v) is 3.49. The second-order valence-corrected chi connectivity index (χ2v) is 5.41. The first-order valence-corrected chi connectivity index (χ1v) is 7.28. The fraction of sp³-hybridized carbons (Fsp3) is 0.111. The number of rotatable bonds is 3. The molecule has 0 amide bonds. The first-order valence-electron chi connectivity index (χ1n) is 7.28. The van der Waals surface area contributed by atoms with Crippen LogP contribution >= 0.6 is 0 Å². The molecule has 0 saturated carbocycles. The normalized spacial score (nSPS) is 14.5. The quantitative estimate of drug-likeness (QED) is 0.452. The molecule has 0 radical (unpaired) electrons. The van der Waals surface area contributed by atoms with E-state index in [-0.39, 0.29) is 11.1 Å². The molecule has 2 aromatic carbocycles. The molecular weight excluding hydrogens is 406 g/mol. The van der Waals surface area contributed by atoms with E-state index >= 15 is 0 Å². The average Bonchev–Trinajstić information content (AvgIpc) is 2.64. The van der Waals surface area contributed by atoms with Crippen LogP contribution in [0.5, 0.6) is 0 Å². The number of halogens is 10. The highest BCUT2D eigenvalue weighted by Crippen LogP contribution is 2.36. The maximum Gasteiger partial charge on any atom is 0.445 e. The number of hydrogen-bond donors (Lipinski definition) is 0. The van der Waals surface area contributed by atoms with Gasteiger partial charge in [-0.2, -0.15) is 35.1 Å². The monoisotopic (exact) mass is 414 g/mol. The summed E-state index contributed by atoms with van der Waals surface area (Å²) >= 11 is 0. The molecule has 0 aromatic heterocycles. The predicted molar refractivity (Wildman–Crippen MR) is 82.3 cm³/mol. The topological polar surface area (TPSA) is 0 Å². The van der Waals surface area contributed by atoms with E-state index in [0.29, 0.717) is 0 Å². The largest absolute Gasteiger partial charge is 0.445 e. The lowest BCUT2D eigenvalue weighted by molar-refractivity contribution is -0.109. The molecule has 150 valence electrons. The highest BCUT2D eigenvalue weighted by molar-refractivity contribution is 5.71. The van der Waals surface area contributed by atoms with Crippen LogP contribution < -0.4 is 0 Å². The zero-order valence-electron chi connectivity index (χ0n) is 13.4. The summed E-state index contributed by atoms with van der Waals surface area (Å²) in [6.07, 6.45) is -11.0. The summed E-state index contributed by atoms with van der Waals surface area (Å²) in [5.74, 6) is -9.99. The van der Waals surface area contributed by atoms with E-state index in [1.54, 1.807) is 0 Å². The van der Waals surface area contributed by atoms with Gasteiger partial charge in [0, 0.05) is 11.1 Å². The maximum atomic E-state index is 13.5. The molecule has 0 heterocycles. The van der Waals surface area contributed by atoms with Crippen molar-refractivity contribution in [1.29, 1.82) is 0 Å². The summed E-state index contributed by atoms with van der Waals surface area (Å²) in [6.45, 7) is 0. The van der Waals surface area contributed by atoms with E-state index < -0.39 is 46.8 Å². The SMILES string of the molecule is F/C(=C(\F)C(F)(F)F)c1ccc(-c2ccc(/C(F)=C(/F)C(F)(F)F)cc2)cc1. The van der Waals surface area contributed by atoms with Gasteiger partial charge >= 0.3 is 12.4 Å². The van der Waals surface area contributed by atoms with Crippen LogP contribution in [0.15, 0.2) is 60.2 Å². The van der Waals surface area contributed by atoms with Crippen molar-refractivity contribution in [3.63, 3.8) is 0 Å². The highest BCUT2D eigenvalue weighted by Gasteiger charge is 2.39. The first-order chi connectivity index (χ1) is 12.8. The van der Waals surface area contributed by atoms with Gasteiger partial charge in [0.25, 0.3) is 0 Å². The zero-order valence-corrected chi connectivity index (χ0v) is 13.4. The molecule has 10 heteroatoms. The summed E-state index contributed by atoms with van der Waals surface area (Å²) < 4.78 is 126. The first kappa shape index (κ1) is 21.5. The summed E-state index contributed by atoms with van der Waals surface area (Å²) in [7, 11) is 0. The van der Waals surface area contributed by atoms with Gasteiger partial charge in [0.05, 0.1) is 0 Å². The van der Waals surface area contributed by atoms with Crippen molar-refractivity contribution in [3.8, 4) is 11.1 Å². The van der Waals surface area contributed by atoms with Crippen molar-refractivity contribution >= 4 is 11.7 Å². The van der Waals surface area contributed by atoms with Gasteiger partial charge in [0.2, 0.25) is 11.7 Å². The molecule has 2 aromatic rings. The van der Waals surface area contributed by atoms with Crippen LogP contribution in [-0.2, 0) is 0 Å². The fourth-order valence-corrected chi connectivity index (χ4v) is 2.12. The molecule has 0 atom stereocenters.